The average molecular weight is 280 g/mol. The zero-order chi connectivity index (χ0) is 14.0. The minimum Gasteiger partial charge on any atom is -0.471 e. The van der Waals surface area contributed by atoms with Crippen LogP contribution in [0.2, 0.25) is 5.02 Å². The molecular formula is C14H18ClN3O. The van der Waals surface area contributed by atoms with Gasteiger partial charge in [0.2, 0.25) is 5.88 Å². The highest BCUT2D eigenvalue weighted by molar-refractivity contribution is 6.30. The van der Waals surface area contributed by atoms with Crippen LogP contribution < -0.4 is 10.5 Å². The van der Waals surface area contributed by atoms with Crippen LogP contribution in [-0.4, -0.2) is 9.78 Å². The van der Waals surface area contributed by atoms with Crippen molar-refractivity contribution in [1.29, 1.82) is 0 Å². The largest absolute Gasteiger partial charge is 0.471 e. The predicted molar refractivity (Wildman–Crippen MR) is 77.5 cm³/mol. The number of hydrogen-bond acceptors (Lipinski definition) is 3. The first kappa shape index (κ1) is 13.7. The van der Waals surface area contributed by atoms with E-state index in [2.05, 4.69) is 5.10 Å². The van der Waals surface area contributed by atoms with Gasteiger partial charge in [-0.1, -0.05) is 23.7 Å². The molecule has 0 saturated carbocycles. The van der Waals surface area contributed by atoms with Crippen molar-refractivity contribution in [1.82, 2.24) is 9.78 Å². The van der Waals surface area contributed by atoms with Crippen LogP contribution in [0, 0.1) is 6.92 Å². The zero-order valence-corrected chi connectivity index (χ0v) is 12.1. The van der Waals surface area contributed by atoms with Gasteiger partial charge >= 0.3 is 0 Å². The van der Waals surface area contributed by atoms with E-state index in [9.17, 15) is 0 Å². The normalized spacial score (nSPS) is 11.0. The molecule has 2 aromatic rings. The molecule has 0 aliphatic rings. The van der Waals surface area contributed by atoms with Crippen molar-refractivity contribution in [2.24, 2.45) is 0 Å². The molecule has 2 N–H and O–H groups in total. The summed E-state index contributed by atoms with van der Waals surface area (Å²) in [4.78, 5) is 0. The Kier molecular flexibility index (Phi) is 4.00. The molecule has 0 atom stereocenters. The minimum atomic E-state index is 0.205. The van der Waals surface area contributed by atoms with Crippen molar-refractivity contribution in [2.45, 2.75) is 33.4 Å². The SMILES string of the molecule is Cc1nn(C(C)C)c(OCc2ccc(Cl)cc2)c1N. The lowest BCUT2D eigenvalue weighted by Gasteiger charge is -2.12. The minimum absolute atomic E-state index is 0.205. The maximum atomic E-state index is 6.00. The highest BCUT2D eigenvalue weighted by Crippen LogP contribution is 2.28. The van der Waals surface area contributed by atoms with Gasteiger partial charge in [0.15, 0.2) is 0 Å². The van der Waals surface area contributed by atoms with Gasteiger partial charge in [-0.3, -0.25) is 0 Å². The molecule has 19 heavy (non-hydrogen) atoms. The summed E-state index contributed by atoms with van der Waals surface area (Å²) >= 11 is 5.85. The molecule has 0 amide bonds. The van der Waals surface area contributed by atoms with Gasteiger partial charge in [0.25, 0.3) is 0 Å². The summed E-state index contributed by atoms with van der Waals surface area (Å²) in [5.41, 5.74) is 8.43. The number of aromatic nitrogens is 2. The fraction of sp³-hybridized carbons (Fsp3) is 0.357. The van der Waals surface area contributed by atoms with Crippen molar-refractivity contribution in [3.05, 3.63) is 40.5 Å². The molecule has 0 fully saturated rings. The summed E-state index contributed by atoms with van der Waals surface area (Å²) in [7, 11) is 0. The molecule has 0 aliphatic carbocycles. The van der Waals surface area contributed by atoms with Crippen LogP contribution in [0.3, 0.4) is 0 Å². The Morgan fingerprint density at radius 3 is 2.53 bits per heavy atom. The van der Waals surface area contributed by atoms with Gasteiger partial charge in [-0.05, 0) is 38.5 Å². The third kappa shape index (κ3) is 3.01. The second-order valence-electron chi connectivity index (χ2n) is 4.76. The average Bonchev–Trinajstić information content (AvgIpc) is 2.66. The van der Waals surface area contributed by atoms with Crippen molar-refractivity contribution >= 4 is 17.3 Å². The van der Waals surface area contributed by atoms with E-state index in [1.165, 1.54) is 0 Å². The van der Waals surface area contributed by atoms with Crippen LogP contribution in [0.15, 0.2) is 24.3 Å². The molecule has 1 aromatic heterocycles. The van der Waals surface area contributed by atoms with E-state index in [0.717, 1.165) is 11.3 Å². The maximum Gasteiger partial charge on any atom is 0.236 e. The van der Waals surface area contributed by atoms with Gasteiger partial charge in [0.05, 0.1) is 11.7 Å². The van der Waals surface area contributed by atoms with Crippen molar-refractivity contribution < 1.29 is 4.74 Å². The molecule has 102 valence electrons. The Balaban J connectivity index is 2.17. The standard InChI is InChI=1S/C14H18ClN3O/c1-9(2)18-14(13(16)10(3)17-18)19-8-11-4-6-12(15)7-5-11/h4-7,9H,8,16H2,1-3H3. The topological polar surface area (TPSA) is 53.1 Å². The molecule has 0 saturated heterocycles. The Bertz CT molecular complexity index is 561. The van der Waals surface area contributed by atoms with Gasteiger partial charge < -0.3 is 10.5 Å². The number of nitrogen functional groups attached to an aromatic ring is 1. The molecule has 4 nitrogen and oxygen atoms in total. The van der Waals surface area contributed by atoms with E-state index < -0.39 is 0 Å². The molecule has 0 radical (unpaired) electrons. The number of aryl methyl sites for hydroxylation is 1. The fourth-order valence-corrected chi connectivity index (χ4v) is 1.89. The van der Waals surface area contributed by atoms with E-state index in [0.29, 0.717) is 23.2 Å². The molecule has 0 unspecified atom stereocenters. The van der Waals surface area contributed by atoms with Crippen LogP contribution in [-0.2, 0) is 6.61 Å². The molecule has 5 heteroatoms. The number of rotatable bonds is 4. The van der Waals surface area contributed by atoms with Crippen LogP contribution in [0.5, 0.6) is 5.88 Å². The van der Waals surface area contributed by atoms with Crippen LogP contribution in [0.25, 0.3) is 0 Å². The smallest absolute Gasteiger partial charge is 0.236 e. The van der Waals surface area contributed by atoms with Crippen LogP contribution >= 0.6 is 11.6 Å². The number of anilines is 1. The second kappa shape index (κ2) is 5.53. The number of nitrogens with two attached hydrogens (primary N) is 1. The van der Waals surface area contributed by atoms with Crippen molar-refractivity contribution in [2.75, 3.05) is 5.73 Å². The van der Waals surface area contributed by atoms with Gasteiger partial charge in [-0.2, -0.15) is 5.10 Å². The summed E-state index contributed by atoms with van der Waals surface area (Å²) < 4.78 is 7.61. The first-order valence-electron chi connectivity index (χ1n) is 6.21. The van der Waals surface area contributed by atoms with Gasteiger partial charge in [-0.25, -0.2) is 4.68 Å². The molecule has 0 aliphatic heterocycles. The first-order valence-corrected chi connectivity index (χ1v) is 6.58. The van der Waals surface area contributed by atoms with E-state index >= 15 is 0 Å². The van der Waals surface area contributed by atoms with Gasteiger partial charge in [-0.15, -0.1) is 0 Å². The highest BCUT2D eigenvalue weighted by atomic mass is 35.5. The van der Waals surface area contributed by atoms with Gasteiger partial charge in [0, 0.05) is 5.02 Å². The monoisotopic (exact) mass is 279 g/mol. The Morgan fingerprint density at radius 1 is 1.32 bits per heavy atom. The number of hydrogen-bond donors (Lipinski definition) is 1. The lowest BCUT2D eigenvalue weighted by molar-refractivity contribution is 0.266. The van der Waals surface area contributed by atoms with Gasteiger partial charge in [0.1, 0.15) is 12.3 Å². The number of nitrogens with zero attached hydrogens (tertiary/aromatic N) is 2. The summed E-state index contributed by atoms with van der Waals surface area (Å²) in [5.74, 6) is 0.627. The molecule has 2 rings (SSSR count). The number of halogens is 1. The summed E-state index contributed by atoms with van der Waals surface area (Å²) in [6.07, 6.45) is 0. The molecule has 0 spiro atoms. The summed E-state index contributed by atoms with van der Waals surface area (Å²) in [6.45, 7) is 6.41. The quantitative estimate of drug-likeness (QED) is 0.930. The van der Waals surface area contributed by atoms with E-state index in [4.69, 9.17) is 22.1 Å². The third-order valence-electron chi connectivity index (χ3n) is 2.86. The predicted octanol–water partition coefficient (Wildman–Crippen LogP) is 3.59. The van der Waals surface area contributed by atoms with E-state index in [1.54, 1.807) is 4.68 Å². The number of ether oxygens (including phenoxy) is 1. The van der Waals surface area contributed by atoms with E-state index in [1.807, 2.05) is 45.0 Å². The molecule has 1 aromatic carbocycles. The highest BCUT2D eigenvalue weighted by Gasteiger charge is 2.16. The Labute approximate surface area is 118 Å². The lowest BCUT2D eigenvalue weighted by atomic mass is 10.2. The van der Waals surface area contributed by atoms with Crippen LogP contribution in [0.1, 0.15) is 31.1 Å². The van der Waals surface area contributed by atoms with E-state index in [-0.39, 0.29) is 6.04 Å². The first-order chi connectivity index (χ1) is 8.99. The summed E-state index contributed by atoms with van der Waals surface area (Å²) in [5, 5.41) is 5.10. The Hall–Kier alpha value is -1.68. The zero-order valence-electron chi connectivity index (χ0n) is 11.4. The molecular weight excluding hydrogens is 262 g/mol. The van der Waals surface area contributed by atoms with Crippen molar-refractivity contribution in [3.8, 4) is 5.88 Å². The molecule has 0 bridgehead atoms. The molecule has 1 heterocycles. The number of benzene rings is 1. The van der Waals surface area contributed by atoms with Crippen molar-refractivity contribution in [3.63, 3.8) is 0 Å². The Morgan fingerprint density at radius 2 is 1.95 bits per heavy atom. The third-order valence-corrected chi connectivity index (χ3v) is 3.12. The van der Waals surface area contributed by atoms with Crippen LogP contribution in [0.4, 0.5) is 5.69 Å². The summed E-state index contributed by atoms with van der Waals surface area (Å²) in [6, 6.07) is 7.75. The lowest BCUT2D eigenvalue weighted by Crippen LogP contribution is -2.08. The maximum absolute atomic E-state index is 6.00. The second-order valence-corrected chi connectivity index (χ2v) is 5.19. The fourth-order valence-electron chi connectivity index (χ4n) is 1.77.